The van der Waals surface area contributed by atoms with Crippen molar-refractivity contribution in [3.8, 4) is 17.2 Å². The van der Waals surface area contributed by atoms with Gasteiger partial charge in [-0.25, -0.2) is 14.6 Å². The van der Waals surface area contributed by atoms with Crippen LogP contribution in [0, 0.1) is 0 Å². The van der Waals surface area contributed by atoms with Crippen LogP contribution in [0.25, 0.3) is 5.69 Å². The lowest BCUT2D eigenvalue weighted by Gasteiger charge is -2.10. The number of rotatable bonds is 5. The summed E-state index contributed by atoms with van der Waals surface area (Å²) in [5.74, 6) is -0.322. The number of carbonyl (C=O) groups excluding carboxylic acids is 2. The molecule has 0 aliphatic rings. The predicted molar refractivity (Wildman–Crippen MR) is 106 cm³/mol. The van der Waals surface area contributed by atoms with Gasteiger partial charge in [-0.2, -0.15) is 0 Å². The maximum Gasteiger partial charge on any atom is 0.343 e. The molecular formula is C23H16N2O4. The molecule has 0 atom stereocenters. The van der Waals surface area contributed by atoms with Gasteiger partial charge in [-0.3, -0.25) is 0 Å². The van der Waals surface area contributed by atoms with Crippen LogP contribution in [-0.2, 0) is 0 Å². The molecule has 0 saturated heterocycles. The van der Waals surface area contributed by atoms with Crippen molar-refractivity contribution < 1.29 is 19.1 Å². The Balaban J connectivity index is 1.67. The highest BCUT2D eigenvalue weighted by Crippen LogP contribution is 2.19. The van der Waals surface area contributed by atoms with E-state index >= 15 is 0 Å². The van der Waals surface area contributed by atoms with E-state index in [1.165, 1.54) is 6.07 Å². The molecule has 0 radical (unpaired) electrons. The molecule has 0 fully saturated rings. The van der Waals surface area contributed by atoms with E-state index in [4.69, 9.17) is 9.47 Å². The van der Waals surface area contributed by atoms with Crippen molar-refractivity contribution in [2.24, 2.45) is 0 Å². The number of aromatic nitrogens is 2. The topological polar surface area (TPSA) is 70.4 Å². The van der Waals surface area contributed by atoms with E-state index in [9.17, 15) is 9.59 Å². The van der Waals surface area contributed by atoms with Gasteiger partial charge in [0.1, 0.15) is 11.5 Å². The summed E-state index contributed by atoms with van der Waals surface area (Å²) in [5.41, 5.74) is 1.03. The highest BCUT2D eigenvalue weighted by atomic mass is 16.5. The molecule has 1 aromatic heterocycles. The number of hydrogen-bond acceptors (Lipinski definition) is 5. The molecule has 0 N–H and O–H groups in total. The smallest absolute Gasteiger partial charge is 0.343 e. The molecule has 4 rings (SSSR count). The average Bonchev–Trinajstić information content (AvgIpc) is 3.30. The molecule has 0 aliphatic carbocycles. The van der Waals surface area contributed by atoms with Gasteiger partial charge in [0.25, 0.3) is 0 Å². The third-order valence-electron chi connectivity index (χ3n) is 4.10. The monoisotopic (exact) mass is 384 g/mol. The van der Waals surface area contributed by atoms with Gasteiger partial charge in [0, 0.05) is 18.1 Å². The Kier molecular flexibility index (Phi) is 5.16. The van der Waals surface area contributed by atoms with Crippen LogP contribution in [0.1, 0.15) is 20.7 Å². The zero-order valence-corrected chi connectivity index (χ0v) is 15.3. The fourth-order valence-corrected chi connectivity index (χ4v) is 2.72. The highest BCUT2D eigenvalue weighted by molar-refractivity contribution is 5.97. The van der Waals surface area contributed by atoms with Crippen LogP contribution in [0.3, 0.4) is 0 Å². The van der Waals surface area contributed by atoms with Crippen LogP contribution in [0.2, 0.25) is 0 Å². The van der Waals surface area contributed by atoms with Gasteiger partial charge < -0.3 is 14.0 Å². The molecule has 6 heteroatoms. The summed E-state index contributed by atoms with van der Waals surface area (Å²) in [4.78, 5) is 29.4. The van der Waals surface area contributed by atoms with Crippen LogP contribution in [0.5, 0.6) is 11.5 Å². The highest BCUT2D eigenvalue weighted by Gasteiger charge is 2.17. The van der Waals surface area contributed by atoms with Gasteiger partial charge in [-0.1, -0.05) is 36.4 Å². The Bertz CT molecular complexity index is 1050. The molecule has 1 heterocycles. The quantitative estimate of drug-likeness (QED) is 0.379. The summed E-state index contributed by atoms with van der Waals surface area (Å²) in [6.07, 6.45) is 4.90. The first kappa shape index (κ1) is 18.2. The summed E-state index contributed by atoms with van der Waals surface area (Å²) in [6.45, 7) is 0. The Labute approximate surface area is 167 Å². The lowest BCUT2D eigenvalue weighted by Crippen LogP contribution is -2.14. The van der Waals surface area contributed by atoms with E-state index in [0.717, 1.165) is 0 Å². The number of ether oxygens (including phenoxy) is 2. The largest absolute Gasteiger partial charge is 0.423 e. The Morgan fingerprint density at radius 3 is 1.69 bits per heavy atom. The average molecular weight is 384 g/mol. The van der Waals surface area contributed by atoms with E-state index in [1.54, 1.807) is 84.0 Å². The Morgan fingerprint density at radius 2 is 1.24 bits per heavy atom. The van der Waals surface area contributed by atoms with Crippen molar-refractivity contribution >= 4 is 11.9 Å². The van der Waals surface area contributed by atoms with Gasteiger partial charge >= 0.3 is 11.9 Å². The second-order valence-electron chi connectivity index (χ2n) is 6.14. The minimum atomic E-state index is -0.577. The summed E-state index contributed by atoms with van der Waals surface area (Å²) in [6, 6.07) is 22.2. The molecule has 4 aromatic rings. The van der Waals surface area contributed by atoms with Crippen LogP contribution < -0.4 is 9.47 Å². The van der Waals surface area contributed by atoms with Crippen LogP contribution in [0.15, 0.2) is 97.6 Å². The number of carbonyl (C=O) groups is 2. The van der Waals surface area contributed by atoms with Crippen molar-refractivity contribution in [1.82, 2.24) is 9.55 Å². The van der Waals surface area contributed by atoms with Gasteiger partial charge in [-0.15, -0.1) is 0 Å². The van der Waals surface area contributed by atoms with Crippen molar-refractivity contribution in [1.29, 1.82) is 0 Å². The fraction of sp³-hybridized carbons (Fsp3) is 0. The summed E-state index contributed by atoms with van der Waals surface area (Å²) >= 11 is 0. The van der Waals surface area contributed by atoms with Crippen molar-refractivity contribution in [3.63, 3.8) is 0 Å². The summed E-state index contributed by atoms with van der Waals surface area (Å²) in [7, 11) is 0. The third kappa shape index (κ3) is 4.39. The molecule has 0 unspecified atom stereocenters. The van der Waals surface area contributed by atoms with Crippen LogP contribution >= 0.6 is 0 Å². The molecule has 0 amide bonds. The van der Waals surface area contributed by atoms with E-state index in [1.807, 2.05) is 12.1 Å². The summed E-state index contributed by atoms with van der Waals surface area (Å²) < 4.78 is 12.5. The van der Waals surface area contributed by atoms with E-state index in [-0.39, 0.29) is 11.1 Å². The molecule has 29 heavy (non-hydrogen) atoms. The molecule has 0 bridgehead atoms. The number of para-hydroxylation sites is 2. The first-order chi connectivity index (χ1) is 14.2. The van der Waals surface area contributed by atoms with Gasteiger partial charge in [-0.05, 0) is 42.5 Å². The molecule has 0 saturated carbocycles. The van der Waals surface area contributed by atoms with Gasteiger partial charge in [0.05, 0.1) is 17.5 Å². The Morgan fingerprint density at radius 1 is 0.724 bits per heavy atom. The van der Waals surface area contributed by atoms with E-state index in [0.29, 0.717) is 17.2 Å². The van der Waals surface area contributed by atoms with Gasteiger partial charge in [0.2, 0.25) is 0 Å². The molecule has 6 nitrogen and oxygen atoms in total. The van der Waals surface area contributed by atoms with Crippen molar-refractivity contribution in [3.05, 3.63) is 109 Å². The molecule has 0 aliphatic heterocycles. The third-order valence-corrected chi connectivity index (χ3v) is 4.10. The number of hydrogen-bond donors (Lipinski definition) is 0. The SMILES string of the molecule is O=C(Oc1ccccc1)c1cc(C(=O)Oc2ccccc2)cc(-n2ccnc2)c1. The zero-order chi connectivity index (χ0) is 20.1. The van der Waals surface area contributed by atoms with Crippen LogP contribution in [0.4, 0.5) is 0 Å². The molecular weight excluding hydrogens is 368 g/mol. The number of imidazole rings is 1. The van der Waals surface area contributed by atoms with E-state index < -0.39 is 11.9 Å². The van der Waals surface area contributed by atoms with Crippen molar-refractivity contribution in [2.45, 2.75) is 0 Å². The molecule has 3 aromatic carbocycles. The minimum Gasteiger partial charge on any atom is -0.423 e. The Hall–Kier alpha value is -4.19. The number of benzene rings is 3. The van der Waals surface area contributed by atoms with Crippen LogP contribution in [-0.4, -0.2) is 21.5 Å². The maximum atomic E-state index is 12.7. The standard InChI is InChI=1S/C23H16N2O4/c26-22(28-20-7-3-1-4-8-20)17-13-18(15-19(14-17)25-12-11-24-16-25)23(27)29-21-9-5-2-6-10-21/h1-16H. The second kappa shape index (κ2) is 8.22. The lowest BCUT2D eigenvalue weighted by atomic mass is 10.1. The number of nitrogens with zero attached hydrogens (tertiary/aromatic N) is 2. The summed E-state index contributed by atoms with van der Waals surface area (Å²) in [5, 5.41) is 0. The fourth-order valence-electron chi connectivity index (χ4n) is 2.72. The minimum absolute atomic E-state index is 0.222. The van der Waals surface area contributed by atoms with Gasteiger partial charge in [0.15, 0.2) is 0 Å². The normalized spacial score (nSPS) is 10.3. The molecule has 0 spiro atoms. The van der Waals surface area contributed by atoms with E-state index in [2.05, 4.69) is 4.98 Å². The van der Waals surface area contributed by atoms with Crippen molar-refractivity contribution in [2.75, 3.05) is 0 Å². The first-order valence-electron chi connectivity index (χ1n) is 8.87. The zero-order valence-electron chi connectivity index (χ0n) is 15.3. The number of esters is 2. The first-order valence-corrected chi connectivity index (χ1v) is 8.87. The molecule has 142 valence electrons. The maximum absolute atomic E-state index is 12.7. The predicted octanol–water partition coefficient (Wildman–Crippen LogP) is 4.31. The second-order valence-corrected chi connectivity index (χ2v) is 6.14. The lowest BCUT2D eigenvalue weighted by molar-refractivity contribution is 0.0734.